The van der Waals surface area contributed by atoms with Crippen LogP contribution in [-0.4, -0.2) is 23.2 Å². The van der Waals surface area contributed by atoms with Gasteiger partial charge in [0.2, 0.25) is 5.91 Å². The number of hydrogen-bond donors (Lipinski definition) is 2. The lowest BCUT2D eigenvalue weighted by Crippen LogP contribution is -2.50. The molecule has 0 radical (unpaired) electrons. The van der Waals surface area contributed by atoms with Crippen LogP contribution in [0.1, 0.15) is 50.2 Å². The van der Waals surface area contributed by atoms with Gasteiger partial charge in [-0.2, -0.15) is 0 Å². The highest BCUT2D eigenvalue weighted by molar-refractivity contribution is 5.77. The van der Waals surface area contributed by atoms with Crippen LogP contribution in [0, 0.1) is 12.8 Å². The smallest absolute Gasteiger partial charge is 0.221 e. The van der Waals surface area contributed by atoms with Crippen LogP contribution >= 0.6 is 0 Å². The molecule has 3 heteroatoms. The van der Waals surface area contributed by atoms with Gasteiger partial charge in [-0.05, 0) is 49.7 Å². The highest BCUT2D eigenvalue weighted by Gasteiger charge is 2.42. The molecule has 1 amide bonds. The van der Waals surface area contributed by atoms with E-state index in [9.17, 15) is 9.90 Å². The van der Waals surface area contributed by atoms with Crippen molar-refractivity contribution < 1.29 is 9.90 Å². The number of aliphatic hydroxyl groups is 1. The van der Waals surface area contributed by atoms with Crippen molar-refractivity contribution in [3.05, 3.63) is 35.4 Å². The Morgan fingerprint density at radius 2 is 2.10 bits per heavy atom. The first kappa shape index (κ1) is 15.0. The van der Waals surface area contributed by atoms with E-state index in [0.29, 0.717) is 12.3 Å². The quantitative estimate of drug-likeness (QED) is 0.838. The summed E-state index contributed by atoms with van der Waals surface area (Å²) in [5.41, 5.74) is 2.00. The van der Waals surface area contributed by atoms with Crippen LogP contribution < -0.4 is 5.32 Å². The van der Waals surface area contributed by atoms with E-state index in [4.69, 9.17) is 0 Å². The molecule has 0 heterocycles. The van der Waals surface area contributed by atoms with E-state index in [1.165, 1.54) is 11.1 Å². The van der Waals surface area contributed by atoms with Crippen molar-refractivity contribution in [3.63, 3.8) is 0 Å². The van der Waals surface area contributed by atoms with E-state index in [0.717, 1.165) is 12.8 Å². The summed E-state index contributed by atoms with van der Waals surface area (Å²) < 4.78 is 0. The Bertz CT molecular complexity index is 482. The third kappa shape index (κ3) is 3.40. The van der Waals surface area contributed by atoms with E-state index < -0.39 is 5.54 Å². The summed E-state index contributed by atoms with van der Waals surface area (Å²) in [6.07, 6.45) is 2.67. The van der Waals surface area contributed by atoms with Gasteiger partial charge in [0, 0.05) is 6.42 Å². The molecule has 1 saturated carbocycles. The average molecular weight is 275 g/mol. The first-order valence-electron chi connectivity index (χ1n) is 7.43. The van der Waals surface area contributed by atoms with E-state index in [1.54, 1.807) is 0 Å². The zero-order valence-electron chi connectivity index (χ0n) is 12.6. The van der Waals surface area contributed by atoms with E-state index in [1.807, 2.05) is 19.1 Å². The summed E-state index contributed by atoms with van der Waals surface area (Å²) in [5.74, 6) is 0.660. The number of rotatable bonds is 6. The van der Waals surface area contributed by atoms with Gasteiger partial charge in [0.15, 0.2) is 0 Å². The number of amides is 1. The fourth-order valence-corrected chi connectivity index (χ4v) is 2.89. The Morgan fingerprint density at radius 3 is 2.65 bits per heavy atom. The molecule has 1 aliphatic rings. The van der Waals surface area contributed by atoms with Crippen molar-refractivity contribution in [3.8, 4) is 0 Å². The lowest BCUT2D eigenvalue weighted by atomic mass is 9.92. The molecule has 2 rings (SSSR count). The third-order valence-corrected chi connectivity index (χ3v) is 4.44. The van der Waals surface area contributed by atoms with Gasteiger partial charge in [0.1, 0.15) is 0 Å². The highest BCUT2D eigenvalue weighted by atomic mass is 16.3. The number of aliphatic hydroxyl groups excluding tert-OH is 1. The second-order valence-corrected chi connectivity index (χ2v) is 6.36. The standard InChI is InChI=1S/C17H25NO2/c1-12-6-4-5-7-15(12)13(2)10-16(20)18-17(3,11-19)14-8-9-14/h4-7,13-14,19H,8-11H2,1-3H3,(H,18,20). The largest absolute Gasteiger partial charge is 0.394 e. The summed E-state index contributed by atoms with van der Waals surface area (Å²) in [5, 5.41) is 12.6. The summed E-state index contributed by atoms with van der Waals surface area (Å²) in [7, 11) is 0. The second kappa shape index (κ2) is 5.96. The normalized spacial score (nSPS) is 19.2. The fourth-order valence-electron chi connectivity index (χ4n) is 2.89. The van der Waals surface area contributed by atoms with Gasteiger partial charge in [-0.3, -0.25) is 4.79 Å². The molecule has 20 heavy (non-hydrogen) atoms. The lowest BCUT2D eigenvalue weighted by molar-refractivity contribution is -0.124. The molecule has 0 saturated heterocycles. The predicted octanol–water partition coefficient (Wildman–Crippen LogP) is 2.77. The minimum Gasteiger partial charge on any atom is -0.394 e. The Morgan fingerprint density at radius 1 is 1.45 bits per heavy atom. The van der Waals surface area contributed by atoms with Crippen molar-refractivity contribution >= 4 is 5.91 Å². The molecule has 1 fully saturated rings. The van der Waals surface area contributed by atoms with Crippen molar-refractivity contribution in [2.45, 2.75) is 51.5 Å². The van der Waals surface area contributed by atoms with E-state index >= 15 is 0 Å². The lowest BCUT2D eigenvalue weighted by Gasteiger charge is -2.29. The van der Waals surface area contributed by atoms with Crippen LogP contribution in [-0.2, 0) is 4.79 Å². The number of carbonyl (C=O) groups is 1. The second-order valence-electron chi connectivity index (χ2n) is 6.36. The highest BCUT2D eigenvalue weighted by Crippen LogP contribution is 2.39. The maximum Gasteiger partial charge on any atom is 0.221 e. The summed E-state index contributed by atoms with van der Waals surface area (Å²) in [4.78, 5) is 12.2. The SMILES string of the molecule is Cc1ccccc1C(C)CC(=O)NC(C)(CO)C1CC1. The number of aryl methyl sites for hydroxylation is 1. The van der Waals surface area contributed by atoms with Gasteiger partial charge in [-0.1, -0.05) is 31.2 Å². The Labute approximate surface area is 121 Å². The van der Waals surface area contributed by atoms with Crippen molar-refractivity contribution in [1.29, 1.82) is 0 Å². The van der Waals surface area contributed by atoms with Gasteiger partial charge in [-0.15, -0.1) is 0 Å². The Hall–Kier alpha value is -1.35. The molecule has 1 aromatic carbocycles. The molecule has 110 valence electrons. The molecule has 2 N–H and O–H groups in total. The number of nitrogens with one attached hydrogen (secondary N) is 1. The van der Waals surface area contributed by atoms with Gasteiger partial charge >= 0.3 is 0 Å². The molecule has 0 spiro atoms. The maximum atomic E-state index is 12.2. The molecule has 0 aromatic heterocycles. The summed E-state index contributed by atoms with van der Waals surface area (Å²) >= 11 is 0. The molecule has 1 aliphatic carbocycles. The molecule has 2 unspecified atom stereocenters. The van der Waals surface area contributed by atoms with Gasteiger partial charge in [-0.25, -0.2) is 0 Å². The third-order valence-electron chi connectivity index (χ3n) is 4.44. The van der Waals surface area contributed by atoms with Crippen LogP contribution in [0.25, 0.3) is 0 Å². The Kier molecular flexibility index (Phi) is 4.48. The van der Waals surface area contributed by atoms with Crippen molar-refractivity contribution in [2.24, 2.45) is 5.92 Å². The monoisotopic (exact) mass is 275 g/mol. The van der Waals surface area contributed by atoms with Crippen LogP contribution in [0.5, 0.6) is 0 Å². The minimum atomic E-state index is -0.442. The van der Waals surface area contributed by atoms with Gasteiger partial charge in [0.05, 0.1) is 12.1 Å². The van der Waals surface area contributed by atoms with E-state index in [2.05, 4.69) is 31.3 Å². The predicted molar refractivity (Wildman–Crippen MR) is 80.6 cm³/mol. The fraction of sp³-hybridized carbons (Fsp3) is 0.588. The maximum absolute atomic E-state index is 12.2. The molecule has 0 aliphatic heterocycles. The van der Waals surface area contributed by atoms with E-state index in [-0.39, 0.29) is 18.4 Å². The zero-order valence-corrected chi connectivity index (χ0v) is 12.6. The van der Waals surface area contributed by atoms with Crippen LogP contribution in [0.4, 0.5) is 0 Å². The molecule has 0 bridgehead atoms. The number of hydrogen-bond acceptors (Lipinski definition) is 2. The minimum absolute atomic E-state index is 0.0160. The topological polar surface area (TPSA) is 49.3 Å². The van der Waals surface area contributed by atoms with Gasteiger partial charge < -0.3 is 10.4 Å². The number of carbonyl (C=O) groups excluding carboxylic acids is 1. The molecule has 1 aromatic rings. The average Bonchev–Trinajstić information content (AvgIpc) is 3.23. The number of benzene rings is 1. The van der Waals surface area contributed by atoms with Gasteiger partial charge in [0.25, 0.3) is 0 Å². The summed E-state index contributed by atoms with van der Waals surface area (Å²) in [6, 6.07) is 8.19. The van der Waals surface area contributed by atoms with Crippen LogP contribution in [0.2, 0.25) is 0 Å². The molecular formula is C17H25NO2. The molecule has 3 nitrogen and oxygen atoms in total. The zero-order chi connectivity index (χ0) is 14.8. The first-order chi connectivity index (χ1) is 9.46. The van der Waals surface area contributed by atoms with Crippen molar-refractivity contribution in [2.75, 3.05) is 6.61 Å². The molecule has 2 atom stereocenters. The summed E-state index contributed by atoms with van der Waals surface area (Å²) in [6.45, 7) is 6.12. The van der Waals surface area contributed by atoms with Crippen LogP contribution in [0.3, 0.4) is 0 Å². The van der Waals surface area contributed by atoms with Crippen molar-refractivity contribution in [1.82, 2.24) is 5.32 Å². The molecular weight excluding hydrogens is 250 g/mol. The Balaban J connectivity index is 1.96. The van der Waals surface area contributed by atoms with Crippen LogP contribution in [0.15, 0.2) is 24.3 Å². The first-order valence-corrected chi connectivity index (χ1v) is 7.43.